The quantitative estimate of drug-likeness (QED) is 0.732. The summed E-state index contributed by atoms with van der Waals surface area (Å²) in [5, 5.41) is 9.84. The van der Waals surface area contributed by atoms with Gasteiger partial charge in [0.25, 0.3) is 0 Å². The van der Waals surface area contributed by atoms with Crippen LogP contribution >= 0.6 is 11.6 Å². The van der Waals surface area contributed by atoms with Crippen LogP contribution in [0.1, 0.15) is 56.3 Å². The number of halogens is 1. The summed E-state index contributed by atoms with van der Waals surface area (Å²) in [6.07, 6.45) is 9.43. The number of rotatable bonds is 5. The Morgan fingerprint density at radius 3 is 2.55 bits per heavy atom. The van der Waals surface area contributed by atoms with Gasteiger partial charge >= 0.3 is 0 Å². The molecule has 2 aromatic rings. The van der Waals surface area contributed by atoms with E-state index in [9.17, 15) is 4.79 Å². The molecule has 1 spiro atoms. The third-order valence-electron chi connectivity index (χ3n) is 7.39. The van der Waals surface area contributed by atoms with E-state index in [0.29, 0.717) is 40.3 Å². The molecule has 1 aromatic heterocycles. The second-order valence-electron chi connectivity index (χ2n) is 9.18. The van der Waals surface area contributed by atoms with Gasteiger partial charge in [-0.2, -0.15) is 0 Å². The maximum atomic E-state index is 13.1. The lowest BCUT2D eigenvalue weighted by molar-refractivity contribution is -0.133. The minimum atomic E-state index is -0.117. The smallest absolute Gasteiger partial charge is 0.226 e. The average Bonchev–Trinajstić information content (AvgIpc) is 3.14. The van der Waals surface area contributed by atoms with Crippen molar-refractivity contribution in [2.45, 2.75) is 64.0 Å². The molecule has 1 N–H and O–H groups in total. The van der Waals surface area contributed by atoms with E-state index < -0.39 is 0 Å². The van der Waals surface area contributed by atoms with Crippen molar-refractivity contribution in [3.05, 3.63) is 46.7 Å². The van der Waals surface area contributed by atoms with Gasteiger partial charge in [0.05, 0.1) is 0 Å². The number of likely N-dealkylation sites (tertiary alicyclic amines) is 1. The van der Waals surface area contributed by atoms with Gasteiger partial charge in [0.1, 0.15) is 18.1 Å². The Balaban J connectivity index is 1.24. The van der Waals surface area contributed by atoms with Gasteiger partial charge in [-0.25, -0.2) is 0 Å². The Bertz CT molecular complexity index is 907. The van der Waals surface area contributed by atoms with Gasteiger partial charge in [-0.05, 0) is 80.5 Å². The summed E-state index contributed by atoms with van der Waals surface area (Å²) in [5.41, 5.74) is 2.57. The highest BCUT2D eigenvalue weighted by molar-refractivity contribution is 6.31. The molecule has 4 nitrogen and oxygen atoms in total. The molecule has 29 heavy (non-hydrogen) atoms. The van der Waals surface area contributed by atoms with Crippen LogP contribution < -0.4 is 0 Å². The molecule has 1 aromatic carbocycles. The van der Waals surface area contributed by atoms with Gasteiger partial charge < -0.3 is 14.4 Å². The zero-order valence-electron chi connectivity index (χ0n) is 16.7. The molecule has 0 bridgehead atoms. The van der Waals surface area contributed by atoms with Crippen molar-refractivity contribution in [1.82, 2.24) is 4.90 Å². The Hall–Kier alpha value is -1.78. The highest BCUT2D eigenvalue weighted by atomic mass is 35.5. The molecule has 0 radical (unpaired) electrons. The summed E-state index contributed by atoms with van der Waals surface area (Å²) in [6, 6.07) is 9.94. The SMILES string of the molecule is O=C1C(Cc2ccc(-c3ccc(CO)o3)cc2Cl)CCN1C1CCC2(CC1)CC2. The normalized spacial score (nSPS) is 23.9. The lowest BCUT2D eigenvalue weighted by atomic mass is 9.83. The molecule has 154 valence electrons. The molecule has 1 saturated heterocycles. The third-order valence-corrected chi connectivity index (χ3v) is 7.74. The van der Waals surface area contributed by atoms with Crippen LogP contribution in [0.2, 0.25) is 5.02 Å². The second-order valence-corrected chi connectivity index (χ2v) is 9.59. The van der Waals surface area contributed by atoms with Crippen LogP contribution in [0.5, 0.6) is 0 Å². The fraction of sp³-hybridized carbons (Fsp3) is 0.542. The molecule has 1 unspecified atom stereocenters. The maximum absolute atomic E-state index is 13.1. The summed E-state index contributed by atoms with van der Waals surface area (Å²) in [5.74, 6) is 1.59. The van der Waals surface area contributed by atoms with Crippen molar-refractivity contribution >= 4 is 17.5 Å². The largest absolute Gasteiger partial charge is 0.459 e. The van der Waals surface area contributed by atoms with Crippen molar-refractivity contribution in [3.63, 3.8) is 0 Å². The molecule has 3 fully saturated rings. The van der Waals surface area contributed by atoms with Crippen molar-refractivity contribution in [2.24, 2.45) is 11.3 Å². The Kier molecular flexibility index (Phi) is 4.95. The highest BCUT2D eigenvalue weighted by Crippen LogP contribution is 2.56. The van der Waals surface area contributed by atoms with Crippen LogP contribution in [0.25, 0.3) is 11.3 Å². The summed E-state index contributed by atoms with van der Waals surface area (Å²) in [7, 11) is 0. The first-order chi connectivity index (χ1) is 14.1. The van der Waals surface area contributed by atoms with Gasteiger partial charge in [-0.3, -0.25) is 4.79 Å². The number of carbonyl (C=O) groups excluding carboxylic acids is 1. The first-order valence-electron chi connectivity index (χ1n) is 10.9. The molecule has 1 aliphatic heterocycles. The number of carbonyl (C=O) groups is 1. The monoisotopic (exact) mass is 413 g/mol. The van der Waals surface area contributed by atoms with Gasteiger partial charge in [-0.1, -0.05) is 23.7 Å². The zero-order valence-corrected chi connectivity index (χ0v) is 17.5. The van der Waals surface area contributed by atoms with Gasteiger partial charge in [0.15, 0.2) is 0 Å². The second kappa shape index (κ2) is 7.48. The van der Waals surface area contributed by atoms with E-state index in [1.165, 1.54) is 38.5 Å². The minimum absolute atomic E-state index is 0.0415. The van der Waals surface area contributed by atoms with E-state index in [4.69, 9.17) is 21.1 Å². The van der Waals surface area contributed by atoms with Crippen molar-refractivity contribution < 1.29 is 14.3 Å². The maximum Gasteiger partial charge on any atom is 0.226 e. The number of aliphatic hydroxyl groups is 1. The molecule has 2 saturated carbocycles. The van der Waals surface area contributed by atoms with E-state index in [1.54, 1.807) is 6.07 Å². The predicted molar refractivity (Wildman–Crippen MR) is 113 cm³/mol. The lowest BCUT2D eigenvalue weighted by Crippen LogP contribution is -2.40. The first kappa shape index (κ1) is 19.2. The molecule has 1 amide bonds. The third kappa shape index (κ3) is 3.73. The number of furan rings is 1. The molecule has 3 aliphatic rings. The zero-order chi connectivity index (χ0) is 20.0. The molecule has 2 aliphatic carbocycles. The van der Waals surface area contributed by atoms with Crippen LogP contribution in [0.3, 0.4) is 0 Å². The Morgan fingerprint density at radius 1 is 1.10 bits per heavy atom. The standard InChI is InChI=1S/C24H28ClNO3/c25-21-14-17(22-4-3-20(15-27)29-22)2-1-16(21)13-18-7-12-26(23(18)28)19-5-8-24(9-6-19)10-11-24/h1-4,14,18-19,27H,5-13,15H2. The predicted octanol–water partition coefficient (Wildman–Crippen LogP) is 5.21. The minimum Gasteiger partial charge on any atom is -0.459 e. The number of nitrogens with zero attached hydrogens (tertiary/aromatic N) is 1. The van der Waals surface area contributed by atoms with E-state index in [0.717, 1.165) is 24.1 Å². The molecule has 5 heteroatoms. The van der Waals surface area contributed by atoms with Crippen LogP contribution in [-0.2, 0) is 17.8 Å². The van der Waals surface area contributed by atoms with Crippen molar-refractivity contribution in [2.75, 3.05) is 6.54 Å². The molecule has 5 rings (SSSR count). The lowest BCUT2D eigenvalue weighted by Gasteiger charge is -2.35. The van der Waals surface area contributed by atoms with Gasteiger partial charge in [0, 0.05) is 29.1 Å². The van der Waals surface area contributed by atoms with Gasteiger partial charge in [0.2, 0.25) is 5.91 Å². The number of hydrogen-bond donors (Lipinski definition) is 1. The van der Waals surface area contributed by atoms with Crippen molar-refractivity contribution in [3.8, 4) is 11.3 Å². The number of benzene rings is 1. The summed E-state index contributed by atoms with van der Waals surface area (Å²) >= 11 is 6.55. The molecule has 1 atom stereocenters. The average molecular weight is 414 g/mol. The Labute approximate surface area is 176 Å². The van der Waals surface area contributed by atoms with Crippen LogP contribution in [0.15, 0.2) is 34.7 Å². The van der Waals surface area contributed by atoms with Crippen LogP contribution in [0, 0.1) is 11.3 Å². The summed E-state index contributed by atoms with van der Waals surface area (Å²) in [4.78, 5) is 15.2. The number of amides is 1. The fourth-order valence-corrected chi connectivity index (χ4v) is 5.53. The highest BCUT2D eigenvalue weighted by Gasteiger charge is 2.47. The van der Waals surface area contributed by atoms with E-state index in [2.05, 4.69) is 4.90 Å². The summed E-state index contributed by atoms with van der Waals surface area (Å²) in [6.45, 7) is 0.779. The van der Waals surface area contributed by atoms with Crippen LogP contribution in [0.4, 0.5) is 0 Å². The van der Waals surface area contributed by atoms with E-state index in [-0.39, 0.29) is 12.5 Å². The van der Waals surface area contributed by atoms with E-state index >= 15 is 0 Å². The van der Waals surface area contributed by atoms with Crippen LogP contribution in [-0.4, -0.2) is 28.5 Å². The topological polar surface area (TPSA) is 53.7 Å². The van der Waals surface area contributed by atoms with E-state index in [1.807, 2.05) is 24.3 Å². The number of aliphatic hydroxyl groups excluding tert-OH is 1. The molecular formula is C24H28ClNO3. The fourth-order valence-electron chi connectivity index (χ4n) is 5.27. The molecule has 2 heterocycles. The first-order valence-corrected chi connectivity index (χ1v) is 11.2. The summed E-state index contributed by atoms with van der Waals surface area (Å²) < 4.78 is 5.60. The molecular weight excluding hydrogens is 386 g/mol. The van der Waals surface area contributed by atoms with Gasteiger partial charge in [-0.15, -0.1) is 0 Å². The number of hydrogen-bond acceptors (Lipinski definition) is 3. The Morgan fingerprint density at radius 2 is 1.90 bits per heavy atom. The van der Waals surface area contributed by atoms with Crippen molar-refractivity contribution in [1.29, 1.82) is 0 Å².